The van der Waals surface area contributed by atoms with E-state index in [1.54, 1.807) is 12.1 Å². The number of nitrogens with zero attached hydrogens (tertiary/aromatic N) is 2. The molecule has 0 bridgehead atoms. The van der Waals surface area contributed by atoms with E-state index in [0.717, 1.165) is 35.7 Å². The van der Waals surface area contributed by atoms with Crippen LogP contribution in [-0.2, 0) is 11.2 Å². The molecule has 3 rings (SSSR count). The first-order valence-electron chi connectivity index (χ1n) is 7.46. The van der Waals surface area contributed by atoms with E-state index in [1.807, 2.05) is 16.3 Å². The molecule has 2 N–H and O–H groups in total. The van der Waals surface area contributed by atoms with Gasteiger partial charge in [0.15, 0.2) is 0 Å². The van der Waals surface area contributed by atoms with E-state index in [4.69, 9.17) is 28.9 Å². The third-order valence-electron chi connectivity index (χ3n) is 3.86. The molecule has 1 aliphatic rings. The molecule has 9 heteroatoms. The molecule has 25 heavy (non-hydrogen) atoms. The summed E-state index contributed by atoms with van der Waals surface area (Å²) in [6.07, 6.45) is 2.25. The maximum absolute atomic E-state index is 12.4. The third-order valence-corrected chi connectivity index (χ3v) is 5.33. The van der Waals surface area contributed by atoms with Crippen LogP contribution in [0.25, 0.3) is 10.6 Å². The molecule has 0 spiro atoms. The maximum atomic E-state index is 12.4. The molecule has 1 aliphatic heterocycles. The molecule has 1 aromatic heterocycles. The quantitative estimate of drug-likeness (QED) is 0.763. The number of hydrogen-bond acceptors (Lipinski definition) is 4. The minimum Gasteiger partial charge on any atom is -0.341 e. The van der Waals surface area contributed by atoms with Crippen molar-refractivity contribution < 1.29 is 4.79 Å². The summed E-state index contributed by atoms with van der Waals surface area (Å²) in [5.74, 6) is 0.0826. The van der Waals surface area contributed by atoms with Crippen LogP contribution < -0.4 is 5.73 Å². The zero-order chi connectivity index (χ0) is 16.4. The van der Waals surface area contributed by atoms with Gasteiger partial charge in [0.25, 0.3) is 0 Å². The first-order chi connectivity index (χ1) is 11.0. The molecule has 1 unspecified atom stereocenters. The van der Waals surface area contributed by atoms with E-state index >= 15 is 0 Å². The zero-order valence-corrected chi connectivity index (χ0v) is 17.2. The number of hydrogen-bond donors (Lipinski definition) is 1. The van der Waals surface area contributed by atoms with Crippen molar-refractivity contribution in [1.82, 2.24) is 9.88 Å². The summed E-state index contributed by atoms with van der Waals surface area (Å²) in [4.78, 5) is 18.7. The van der Waals surface area contributed by atoms with Gasteiger partial charge in [-0.25, -0.2) is 4.98 Å². The number of rotatable bonds is 3. The summed E-state index contributed by atoms with van der Waals surface area (Å²) in [5, 5.41) is 3.85. The Morgan fingerprint density at radius 3 is 2.80 bits per heavy atom. The number of carbonyl (C=O) groups excluding carboxylic acids is 1. The standard InChI is InChI=1S/C16H17Cl2N3OS.2ClH/c17-10-3-4-13(14(18)6-10)16-20-12(9-23-16)7-15(22)21-5-1-2-11(19)8-21;;/h3-4,6,9,11H,1-2,5,7-8,19H2;2*1H. The highest BCUT2D eigenvalue weighted by molar-refractivity contribution is 7.13. The van der Waals surface area contributed by atoms with Crippen molar-refractivity contribution in [2.75, 3.05) is 13.1 Å². The van der Waals surface area contributed by atoms with Crippen LogP contribution in [0.5, 0.6) is 0 Å². The van der Waals surface area contributed by atoms with Gasteiger partial charge in [-0.1, -0.05) is 23.2 Å². The monoisotopic (exact) mass is 441 g/mol. The predicted molar refractivity (Wildman–Crippen MR) is 110 cm³/mol. The number of piperidine rings is 1. The molecule has 2 heterocycles. The largest absolute Gasteiger partial charge is 0.341 e. The van der Waals surface area contributed by atoms with Crippen molar-refractivity contribution in [1.29, 1.82) is 0 Å². The maximum Gasteiger partial charge on any atom is 0.228 e. The molecule has 138 valence electrons. The Bertz CT molecular complexity index is 725. The van der Waals surface area contributed by atoms with Crippen LogP contribution in [0, 0.1) is 0 Å². The number of amides is 1. The van der Waals surface area contributed by atoms with Crippen LogP contribution in [0.2, 0.25) is 10.0 Å². The highest BCUT2D eigenvalue weighted by atomic mass is 35.5. The van der Waals surface area contributed by atoms with Gasteiger partial charge in [-0.15, -0.1) is 36.2 Å². The Morgan fingerprint density at radius 2 is 2.12 bits per heavy atom. The lowest BCUT2D eigenvalue weighted by Gasteiger charge is -2.30. The molecular formula is C16H19Cl4N3OS. The second-order valence-electron chi connectivity index (χ2n) is 5.69. The van der Waals surface area contributed by atoms with Gasteiger partial charge in [0.1, 0.15) is 5.01 Å². The Kier molecular flexibility index (Phi) is 8.95. The molecule has 1 aromatic carbocycles. The van der Waals surface area contributed by atoms with Crippen LogP contribution in [-0.4, -0.2) is 34.9 Å². The van der Waals surface area contributed by atoms with E-state index in [0.29, 0.717) is 23.0 Å². The van der Waals surface area contributed by atoms with E-state index in [1.165, 1.54) is 11.3 Å². The van der Waals surface area contributed by atoms with E-state index in [2.05, 4.69) is 4.98 Å². The van der Waals surface area contributed by atoms with Crippen LogP contribution in [0.15, 0.2) is 23.6 Å². The van der Waals surface area contributed by atoms with Gasteiger partial charge in [-0.05, 0) is 31.0 Å². The number of aromatic nitrogens is 1. The summed E-state index contributed by atoms with van der Waals surface area (Å²) < 4.78 is 0. The summed E-state index contributed by atoms with van der Waals surface area (Å²) in [7, 11) is 0. The van der Waals surface area contributed by atoms with Crippen molar-refractivity contribution in [2.24, 2.45) is 5.73 Å². The summed E-state index contributed by atoms with van der Waals surface area (Å²) in [6, 6.07) is 5.41. The lowest BCUT2D eigenvalue weighted by molar-refractivity contribution is -0.131. The van der Waals surface area contributed by atoms with Crippen molar-refractivity contribution in [3.05, 3.63) is 39.3 Å². The number of likely N-dealkylation sites (tertiary alicyclic amines) is 1. The molecule has 4 nitrogen and oxygen atoms in total. The van der Waals surface area contributed by atoms with Gasteiger partial charge in [0.05, 0.1) is 17.1 Å². The Labute approximate surface area is 173 Å². The number of benzene rings is 1. The summed E-state index contributed by atoms with van der Waals surface area (Å²) in [6.45, 7) is 1.42. The molecule has 2 aromatic rings. The minimum atomic E-state index is 0. The van der Waals surface area contributed by atoms with E-state index in [9.17, 15) is 4.79 Å². The van der Waals surface area contributed by atoms with Crippen LogP contribution >= 0.6 is 59.4 Å². The fourth-order valence-electron chi connectivity index (χ4n) is 2.68. The first kappa shape index (κ1) is 22.5. The van der Waals surface area contributed by atoms with Gasteiger partial charge in [-0.3, -0.25) is 4.79 Å². The number of carbonyl (C=O) groups is 1. The van der Waals surface area contributed by atoms with Gasteiger partial charge < -0.3 is 10.6 Å². The SMILES string of the molecule is Cl.Cl.NC1CCCN(C(=O)Cc2csc(-c3ccc(Cl)cc3Cl)n2)C1. The molecule has 1 fully saturated rings. The lowest BCUT2D eigenvalue weighted by atomic mass is 10.1. The fraction of sp³-hybridized carbons (Fsp3) is 0.375. The van der Waals surface area contributed by atoms with Gasteiger partial charge >= 0.3 is 0 Å². The lowest BCUT2D eigenvalue weighted by Crippen LogP contribution is -2.46. The minimum absolute atomic E-state index is 0. The van der Waals surface area contributed by atoms with Crippen molar-refractivity contribution in [3.63, 3.8) is 0 Å². The second kappa shape index (κ2) is 9.95. The van der Waals surface area contributed by atoms with E-state index < -0.39 is 0 Å². The summed E-state index contributed by atoms with van der Waals surface area (Å²) >= 11 is 13.6. The molecular weight excluding hydrogens is 424 g/mol. The predicted octanol–water partition coefficient (Wildman–Crippen LogP) is 4.45. The zero-order valence-electron chi connectivity index (χ0n) is 13.3. The van der Waals surface area contributed by atoms with Crippen LogP contribution in [0.3, 0.4) is 0 Å². The van der Waals surface area contributed by atoms with E-state index in [-0.39, 0.29) is 36.8 Å². The van der Waals surface area contributed by atoms with Gasteiger partial charge in [0.2, 0.25) is 5.91 Å². The highest BCUT2D eigenvalue weighted by Crippen LogP contribution is 2.32. The van der Waals surface area contributed by atoms with Gasteiger partial charge in [0, 0.05) is 35.1 Å². The fourth-order valence-corrected chi connectivity index (χ4v) is 4.09. The number of halogens is 4. The van der Waals surface area contributed by atoms with Crippen molar-refractivity contribution >= 4 is 65.3 Å². The third kappa shape index (κ3) is 5.71. The molecule has 0 radical (unpaired) electrons. The summed E-state index contributed by atoms with van der Waals surface area (Å²) in [5.41, 5.74) is 7.53. The van der Waals surface area contributed by atoms with Gasteiger partial charge in [-0.2, -0.15) is 0 Å². The molecule has 0 aliphatic carbocycles. The Hall–Kier alpha value is -0.560. The molecule has 1 amide bonds. The Morgan fingerprint density at radius 1 is 1.36 bits per heavy atom. The average molecular weight is 443 g/mol. The second-order valence-corrected chi connectivity index (χ2v) is 7.39. The first-order valence-corrected chi connectivity index (χ1v) is 9.09. The van der Waals surface area contributed by atoms with Crippen molar-refractivity contribution in [2.45, 2.75) is 25.3 Å². The smallest absolute Gasteiger partial charge is 0.228 e. The molecule has 1 atom stereocenters. The normalized spacial score (nSPS) is 16.8. The molecule has 1 saturated heterocycles. The topological polar surface area (TPSA) is 59.2 Å². The van der Waals surface area contributed by atoms with Crippen LogP contribution in [0.4, 0.5) is 0 Å². The number of thiazole rings is 1. The Balaban J connectivity index is 0.00000156. The number of nitrogens with two attached hydrogens (primary N) is 1. The molecule has 0 saturated carbocycles. The average Bonchev–Trinajstić information content (AvgIpc) is 2.95. The highest BCUT2D eigenvalue weighted by Gasteiger charge is 2.22. The van der Waals surface area contributed by atoms with Crippen molar-refractivity contribution in [3.8, 4) is 10.6 Å². The van der Waals surface area contributed by atoms with Crippen LogP contribution in [0.1, 0.15) is 18.5 Å².